The van der Waals surface area contributed by atoms with Crippen molar-refractivity contribution in [3.63, 3.8) is 0 Å². The van der Waals surface area contributed by atoms with Crippen molar-refractivity contribution in [3.8, 4) is 11.8 Å². The van der Waals surface area contributed by atoms with Crippen LogP contribution in [-0.2, 0) is 0 Å². The van der Waals surface area contributed by atoms with Gasteiger partial charge >= 0.3 is 0 Å². The fourth-order valence-electron chi connectivity index (χ4n) is 1.69. The van der Waals surface area contributed by atoms with Crippen LogP contribution in [0.4, 0.5) is 0 Å². The topological polar surface area (TPSA) is 73.7 Å². The maximum absolute atomic E-state index is 12.3. The minimum Gasteiger partial charge on any atom is -0.389 e. The first kappa shape index (κ1) is 16.2. The number of aromatic nitrogens is 1. The Labute approximate surface area is 119 Å². The number of hydrogen-bond donors (Lipinski definition) is 2. The third-order valence-corrected chi connectivity index (χ3v) is 2.54. The second kappa shape index (κ2) is 7.04. The molecule has 1 heterocycles. The third-order valence-electron chi connectivity index (χ3n) is 2.54. The SMILES string of the molecule is CCN(CC(C)(C)O)C(=O)c1ccc(C#CCO)cn1. The predicted octanol–water partition coefficient (Wildman–Crippen LogP) is 0.658. The summed E-state index contributed by atoms with van der Waals surface area (Å²) in [6, 6.07) is 3.28. The maximum atomic E-state index is 12.3. The van der Waals surface area contributed by atoms with Crippen LogP contribution < -0.4 is 0 Å². The van der Waals surface area contributed by atoms with Gasteiger partial charge < -0.3 is 15.1 Å². The molecule has 0 aromatic carbocycles. The largest absolute Gasteiger partial charge is 0.389 e. The third kappa shape index (κ3) is 5.00. The van der Waals surface area contributed by atoms with Gasteiger partial charge in [0.1, 0.15) is 12.3 Å². The number of rotatable bonds is 4. The van der Waals surface area contributed by atoms with Crippen molar-refractivity contribution in [2.24, 2.45) is 0 Å². The van der Waals surface area contributed by atoms with E-state index in [1.165, 1.54) is 6.20 Å². The lowest BCUT2D eigenvalue weighted by molar-refractivity contribution is 0.0311. The van der Waals surface area contributed by atoms with Crippen LogP contribution >= 0.6 is 0 Å². The quantitative estimate of drug-likeness (QED) is 0.792. The van der Waals surface area contributed by atoms with Gasteiger partial charge in [0.2, 0.25) is 0 Å². The van der Waals surface area contributed by atoms with Gasteiger partial charge in [-0.15, -0.1) is 0 Å². The van der Waals surface area contributed by atoms with Gasteiger partial charge in [-0.25, -0.2) is 4.98 Å². The molecule has 0 unspecified atom stereocenters. The van der Waals surface area contributed by atoms with Crippen molar-refractivity contribution in [1.29, 1.82) is 0 Å². The summed E-state index contributed by atoms with van der Waals surface area (Å²) in [6.07, 6.45) is 1.49. The predicted molar refractivity (Wildman–Crippen MR) is 76.1 cm³/mol. The monoisotopic (exact) mass is 276 g/mol. The Kier molecular flexibility index (Phi) is 5.68. The molecule has 0 aliphatic heterocycles. The van der Waals surface area contributed by atoms with Crippen LogP contribution in [-0.4, -0.2) is 51.3 Å². The average Bonchev–Trinajstić information content (AvgIpc) is 2.41. The Bertz CT molecular complexity index is 507. The molecule has 1 aromatic heterocycles. The van der Waals surface area contributed by atoms with E-state index in [0.717, 1.165) is 0 Å². The van der Waals surface area contributed by atoms with E-state index in [2.05, 4.69) is 16.8 Å². The number of carbonyl (C=O) groups is 1. The number of hydrogen-bond acceptors (Lipinski definition) is 4. The highest BCUT2D eigenvalue weighted by Crippen LogP contribution is 2.09. The van der Waals surface area contributed by atoms with Crippen LogP contribution in [0.3, 0.4) is 0 Å². The fraction of sp³-hybridized carbons (Fsp3) is 0.467. The molecule has 0 aliphatic carbocycles. The summed E-state index contributed by atoms with van der Waals surface area (Å²) in [5.74, 6) is 5.00. The van der Waals surface area contributed by atoms with Crippen LogP contribution in [0, 0.1) is 11.8 Å². The van der Waals surface area contributed by atoms with Gasteiger partial charge in [-0.05, 0) is 32.9 Å². The van der Waals surface area contributed by atoms with Crippen molar-refractivity contribution in [2.75, 3.05) is 19.7 Å². The van der Waals surface area contributed by atoms with Gasteiger partial charge in [0.15, 0.2) is 0 Å². The number of pyridine rings is 1. The summed E-state index contributed by atoms with van der Waals surface area (Å²) in [6.45, 7) is 5.70. The molecular formula is C15H20N2O3. The molecule has 0 saturated carbocycles. The molecule has 0 atom stereocenters. The lowest BCUT2D eigenvalue weighted by Crippen LogP contribution is -2.42. The number of carbonyl (C=O) groups excluding carboxylic acids is 1. The fourth-order valence-corrected chi connectivity index (χ4v) is 1.69. The second-order valence-electron chi connectivity index (χ2n) is 5.02. The first-order chi connectivity index (χ1) is 9.37. The zero-order valence-electron chi connectivity index (χ0n) is 12.1. The first-order valence-electron chi connectivity index (χ1n) is 6.45. The van der Waals surface area contributed by atoms with Crippen molar-refractivity contribution >= 4 is 5.91 Å². The maximum Gasteiger partial charge on any atom is 0.272 e. The van der Waals surface area contributed by atoms with Gasteiger partial charge in [-0.1, -0.05) is 11.8 Å². The second-order valence-corrected chi connectivity index (χ2v) is 5.02. The van der Waals surface area contributed by atoms with Crippen LogP contribution in [0.5, 0.6) is 0 Å². The number of likely N-dealkylation sites (N-methyl/N-ethyl adjacent to an activating group) is 1. The molecule has 108 valence electrons. The molecule has 0 radical (unpaired) electrons. The Hall–Kier alpha value is -1.90. The van der Waals surface area contributed by atoms with E-state index in [1.54, 1.807) is 30.9 Å². The molecule has 1 amide bonds. The zero-order chi connectivity index (χ0) is 15.2. The summed E-state index contributed by atoms with van der Waals surface area (Å²) in [7, 11) is 0. The summed E-state index contributed by atoms with van der Waals surface area (Å²) in [4.78, 5) is 17.9. The van der Waals surface area contributed by atoms with E-state index in [9.17, 15) is 9.90 Å². The van der Waals surface area contributed by atoms with Gasteiger partial charge in [-0.2, -0.15) is 0 Å². The number of aliphatic hydroxyl groups excluding tert-OH is 1. The lowest BCUT2D eigenvalue weighted by Gasteiger charge is -2.27. The number of aliphatic hydroxyl groups is 2. The van der Waals surface area contributed by atoms with Crippen molar-refractivity contribution in [2.45, 2.75) is 26.4 Å². The summed E-state index contributed by atoms with van der Waals surface area (Å²) < 4.78 is 0. The van der Waals surface area contributed by atoms with E-state index >= 15 is 0 Å². The first-order valence-corrected chi connectivity index (χ1v) is 6.45. The van der Waals surface area contributed by atoms with Crippen LogP contribution in [0.25, 0.3) is 0 Å². The van der Waals surface area contributed by atoms with Crippen molar-refractivity contribution in [3.05, 3.63) is 29.6 Å². The van der Waals surface area contributed by atoms with Gasteiger partial charge in [0.05, 0.1) is 5.60 Å². The molecule has 20 heavy (non-hydrogen) atoms. The molecule has 0 spiro atoms. The summed E-state index contributed by atoms with van der Waals surface area (Å²) in [5, 5.41) is 18.4. The summed E-state index contributed by atoms with van der Waals surface area (Å²) in [5.41, 5.74) is 0.00451. The molecule has 5 nitrogen and oxygen atoms in total. The Morgan fingerprint density at radius 3 is 2.60 bits per heavy atom. The minimum atomic E-state index is -0.946. The standard InChI is InChI=1S/C15H20N2O3/c1-4-17(11-15(2,3)20)14(19)13-8-7-12(10-16-13)6-5-9-18/h7-8,10,18,20H,4,9,11H2,1-3H3. The van der Waals surface area contributed by atoms with E-state index in [1.807, 2.05) is 6.92 Å². The molecule has 5 heteroatoms. The minimum absolute atomic E-state index is 0.212. The summed E-state index contributed by atoms with van der Waals surface area (Å²) >= 11 is 0. The van der Waals surface area contributed by atoms with Gasteiger partial charge in [0, 0.05) is 24.8 Å². The van der Waals surface area contributed by atoms with Crippen molar-refractivity contribution < 1.29 is 15.0 Å². The molecule has 0 bridgehead atoms. The van der Waals surface area contributed by atoms with Crippen LogP contribution in [0.1, 0.15) is 36.8 Å². The molecular weight excluding hydrogens is 256 g/mol. The van der Waals surface area contributed by atoms with Crippen LogP contribution in [0.2, 0.25) is 0 Å². The molecule has 2 N–H and O–H groups in total. The van der Waals surface area contributed by atoms with E-state index in [-0.39, 0.29) is 19.1 Å². The smallest absolute Gasteiger partial charge is 0.272 e. The highest BCUT2D eigenvalue weighted by molar-refractivity contribution is 5.92. The number of nitrogens with zero attached hydrogens (tertiary/aromatic N) is 2. The van der Waals surface area contributed by atoms with E-state index in [4.69, 9.17) is 5.11 Å². The van der Waals surface area contributed by atoms with E-state index in [0.29, 0.717) is 17.8 Å². The van der Waals surface area contributed by atoms with E-state index < -0.39 is 5.60 Å². The highest BCUT2D eigenvalue weighted by atomic mass is 16.3. The average molecular weight is 276 g/mol. The molecule has 0 saturated heterocycles. The highest BCUT2D eigenvalue weighted by Gasteiger charge is 2.22. The zero-order valence-corrected chi connectivity index (χ0v) is 12.1. The molecule has 0 fully saturated rings. The normalized spacial score (nSPS) is 10.7. The van der Waals surface area contributed by atoms with Crippen molar-refractivity contribution in [1.82, 2.24) is 9.88 Å². The van der Waals surface area contributed by atoms with Crippen LogP contribution in [0.15, 0.2) is 18.3 Å². The number of amides is 1. The Morgan fingerprint density at radius 1 is 1.45 bits per heavy atom. The van der Waals surface area contributed by atoms with Gasteiger partial charge in [-0.3, -0.25) is 4.79 Å². The Balaban J connectivity index is 2.85. The lowest BCUT2D eigenvalue weighted by atomic mass is 10.1. The van der Waals surface area contributed by atoms with Gasteiger partial charge in [0.25, 0.3) is 5.91 Å². The molecule has 1 aromatic rings. The molecule has 1 rings (SSSR count). The molecule has 0 aliphatic rings. The Morgan fingerprint density at radius 2 is 2.15 bits per heavy atom.